The van der Waals surface area contributed by atoms with E-state index in [1.54, 1.807) is 4.90 Å². The summed E-state index contributed by atoms with van der Waals surface area (Å²) in [7, 11) is -1.99. The van der Waals surface area contributed by atoms with Gasteiger partial charge in [-0.2, -0.15) is 0 Å². The molecule has 7 heteroatoms. The third kappa shape index (κ3) is 3.07. The van der Waals surface area contributed by atoms with E-state index < -0.39 is 15.3 Å². The molecular formula is C16H22N2O4S. The quantitative estimate of drug-likeness (QED) is 0.822. The van der Waals surface area contributed by atoms with Crippen molar-refractivity contribution in [3.63, 3.8) is 0 Å². The smallest absolute Gasteiger partial charge is 0.248 e. The number of methoxy groups -OCH3 is 1. The molecule has 1 atom stereocenters. The number of hydrogen-bond donors (Lipinski definition) is 0. The number of ether oxygens (including phenoxy) is 1. The van der Waals surface area contributed by atoms with E-state index in [0.717, 1.165) is 17.7 Å². The SMILES string of the molecule is COCC(=O)N1CCCC(S(=O)(=O)N2CCc3ccccc32)C1. The van der Waals surface area contributed by atoms with Crippen LogP contribution in [0.15, 0.2) is 24.3 Å². The number of anilines is 1. The van der Waals surface area contributed by atoms with E-state index in [1.165, 1.54) is 11.4 Å². The van der Waals surface area contributed by atoms with E-state index in [-0.39, 0.29) is 19.1 Å². The van der Waals surface area contributed by atoms with Gasteiger partial charge in [0.2, 0.25) is 15.9 Å². The molecule has 3 rings (SSSR count). The second-order valence-electron chi connectivity index (χ2n) is 6.03. The molecular weight excluding hydrogens is 316 g/mol. The monoisotopic (exact) mass is 338 g/mol. The molecule has 0 aliphatic carbocycles. The minimum atomic E-state index is -3.46. The second-order valence-corrected chi connectivity index (χ2v) is 8.17. The Morgan fingerprint density at radius 1 is 1.30 bits per heavy atom. The molecule has 0 N–H and O–H groups in total. The maximum absolute atomic E-state index is 13.0. The van der Waals surface area contributed by atoms with Gasteiger partial charge in [0, 0.05) is 26.7 Å². The van der Waals surface area contributed by atoms with Crippen molar-refractivity contribution in [2.45, 2.75) is 24.5 Å². The average Bonchev–Trinajstić information content (AvgIpc) is 3.00. The van der Waals surface area contributed by atoms with E-state index in [2.05, 4.69) is 0 Å². The van der Waals surface area contributed by atoms with Gasteiger partial charge >= 0.3 is 0 Å². The zero-order valence-electron chi connectivity index (χ0n) is 13.3. The first kappa shape index (κ1) is 16.3. The molecule has 1 fully saturated rings. The highest BCUT2D eigenvalue weighted by atomic mass is 32.2. The van der Waals surface area contributed by atoms with Gasteiger partial charge in [0.25, 0.3) is 0 Å². The van der Waals surface area contributed by atoms with Crippen LogP contribution in [0.4, 0.5) is 5.69 Å². The Kier molecular flexibility index (Phi) is 4.59. The van der Waals surface area contributed by atoms with Crippen molar-refractivity contribution in [2.75, 3.05) is 37.7 Å². The van der Waals surface area contributed by atoms with Crippen LogP contribution in [-0.2, 0) is 26.0 Å². The number of fused-ring (bicyclic) bond motifs is 1. The van der Waals surface area contributed by atoms with Gasteiger partial charge in [0.15, 0.2) is 0 Å². The summed E-state index contributed by atoms with van der Waals surface area (Å²) in [5.41, 5.74) is 1.85. The van der Waals surface area contributed by atoms with Crippen LogP contribution in [0.5, 0.6) is 0 Å². The number of benzene rings is 1. The lowest BCUT2D eigenvalue weighted by molar-refractivity contribution is -0.135. The molecule has 1 amide bonds. The van der Waals surface area contributed by atoms with E-state index in [0.29, 0.717) is 25.9 Å². The minimum absolute atomic E-state index is 0.000679. The van der Waals surface area contributed by atoms with Crippen LogP contribution in [0.3, 0.4) is 0 Å². The van der Waals surface area contributed by atoms with Crippen molar-refractivity contribution in [2.24, 2.45) is 0 Å². The van der Waals surface area contributed by atoms with Crippen molar-refractivity contribution in [1.82, 2.24) is 4.90 Å². The lowest BCUT2D eigenvalue weighted by Gasteiger charge is -2.34. The van der Waals surface area contributed by atoms with E-state index in [1.807, 2.05) is 24.3 Å². The number of carbonyl (C=O) groups excluding carboxylic acids is 1. The van der Waals surface area contributed by atoms with Crippen molar-refractivity contribution < 1.29 is 17.9 Å². The second kappa shape index (κ2) is 6.49. The summed E-state index contributed by atoms with van der Waals surface area (Å²) in [6.07, 6.45) is 2.04. The van der Waals surface area contributed by atoms with Gasteiger partial charge in [-0.15, -0.1) is 0 Å². The molecule has 1 aromatic rings. The molecule has 1 aromatic carbocycles. The predicted molar refractivity (Wildman–Crippen MR) is 87.9 cm³/mol. The molecule has 0 radical (unpaired) electrons. The molecule has 126 valence electrons. The molecule has 6 nitrogen and oxygen atoms in total. The summed E-state index contributed by atoms with van der Waals surface area (Å²) in [5, 5.41) is -0.539. The number of nitrogens with zero attached hydrogens (tertiary/aromatic N) is 2. The van der Waals surface area contributed by atoms with Crippen LogP contribution in [-0.4, -0.2) is 57.8 Å². The number of para-hydroxylation sites is 1. The van der Waals surface area contributed by atoms with Crippen LogP contribution in [0.25, 0.3) is 0 Å². The largest absolute Gasteiger partial charge is 0.375 e. The molecule has 0 bridgehead atoms. The number of amides is 1. The van der Waals surface area contributed by atoms with Crippen molar-refractivity contribution in [3.8, 4) is 0 Å². The number of carbonyl (C=O) groups is 1. The third-order valence-electron chi connectivity index (χ3n) is 4.57. The van der Waals surface area contributed by atoms with Crippen molar-refractivity contribution in [3.05, 3.63) is 29.8 Å². The summed E-state index contributed by atoms with van der Waals surface area (Å²) in [4.78, 5) is 13.6. The Morgan fingerprint density at radius 3 is 2.87 bits per heavy atom. The van der Waals surface area contributed by atoms with Gasteiger partial charge in [-0.05, 0) is 30.9 Å². The topological polar surface area (TPSA) is 66.9 Å². The fourth-order valence-electron chi connectivity index (χ4n) is 3.37. The molecule has 2 heterocycles. The highest BCUT2D eigenvalue weighted by molar-refractivity contribution is 7.93. The highest BCUT2D eigenvalue weighted by Gasteiger charge is 2.39. The van der Waals surface area contributed by atoms with Gasteiger partial charge < -0.3 is 9.64 Å². The van der Waals surface area contributed by atoms with Gasteiger partial charge in [-0.3, -0.25) is 9.10 Å². The normalized spacial score (nSPS) is 21.3. The maximum Gasteiger partial charge on any atom is 0.248 e. The summed E-state index contributed by atoms with van der Waals surface area (Å²) in [5.74, 6) is -0.144. The Labute approximate surface area is 137 Å². The van der Waals surface area contributed by atoms with E-state index in [4.69, 9.17) is 4.74 Å². The highest BCUT2D eigenvalue weighted by Crippen LogP contribution is 2.33. The van der Waals surface area contributed by atoms with E-state index >= 15 is 0 Å². The standard InChI is InChI=1S/C16H22N2O4S/c1-22-12-16(19)17-9-4-6-14(11-17)23(20,21)18-10-8-13-5-2-3-7-15(13)18/h2-3,5,7,14H,4,6,8-12H2,1H3. The summed E-state index contributed by atoms with van der Waals surface area (Å²) in [6, 6.07) is 7.62. The Morgan fingerprint density at radius 2 is 2.09 bits per heavy atom. The fraction of sp³-hybridized carbons (Fsp3) is 0.562. The molecule has 0 spiro atoms. The number of piperidine rings is 1. The minimum Gasteiger partial charge on any atom is -0.375 e. The van der Waals surface area contributed by atoms with Gasteiger partial charge in [0.1, 0.15) is 6.61 Å². The van der Waals surface area contributed by atoms with Gasteiger partial charge in [0.05, 0.1) is 10.9 Å². The Hall–Kier alpha value is -1.60. The molecule has 2 aliphatic rings. The van der Waals surface area contributed by atoms with Crippen molar-refractivity contribution >= 4 is 21.6 Å². The number of sulfonamides is 1. The Balaban J connectivity index is 1.79. The van der Waals surface area contributed by atoms with Crippen LogP contribution >= 0.6 is 0 Å². The lowest BCUT2D eigenvalue weighted by Crippen LogP contribution is -2.50. The number of hydrogen-bond acceptors (Lipinski definition) is 4. The first-order valence-electron chi connectivity index (χ1n) is 7.90. The molecule has 1 saturated heterocycles. The maximum atomic E-state index is 13.0. The van der Waals surface area contributed by atoms with Gasteiger partial charge in [-0.1, -0.05) is 18.2 Å². The molecule has 2 aliphatic heterocycles. The summed E-state index contributed by atoms with van der Waals surface area (Å²) < 4.78 is 32.5. The average molecular weight is 338 g/mol. The first-order valence-corrected chi connectivity index (χ1v) is 9.40. The van der Waals surface area contributed by atoms with Crippen molar-refractivity contribution in [1.29, 1.82) is 0 Å². The van der Waals surface area contributed by atoms with Gasteiger partial charge in [-0.25, -0.2) is 8.42 Å². The van der Waals surface area contributed by atoms with Crippen LogP contribution in [0.2, 0.25) is 0 Å². The Bertz CT molecular complexity index is 689. The first-order chi connectivity index (χ1) is 11.0. The van der Waals surface area contributed by atoms with Crippen LogP contribution < -0.4 is 4.31 Å². The number of likely N-dealkylation sites (tertiary alicyclic amines) is 1. The predicted octanol–water partition coefficient (Wildman–Crippen LogP) is 1.02. The molecule has 0 aromatic heterocycles. The zero-order chi connectivity index (χ0) is 16.4. The lowest BCUT2D eigenvalue weighted by atomic mass is 10.1. The molecule has 1 unspecified atom stereocenters. The molecule has 23 heavy (non-hydrogen) atoms. The van der Waals surface area contributed by atoms with Crippen LogP contribution in [0, 0.1) is 0 Å². The summed E-state index contributed by atoms with van der Waals surface area (Å²) >= 11 is 0. The summed E-state index contributed by atoms with van der Waals surface area (Å²) in [6.45, 7) is 1.34. The van der Waals surface area contributed by atoms with E-state index in [9.17, 15) is 13.2 Å². The molecule has 0 saturated carbocycles. The zero-order valence-corrected chi connectivity index (χ0v) is 14.1. The number of rotatable bonds is 4. The fourth-order valence-corrected chi connectivity index (χ4v) is 5.37. The third-order valence-corrected chi connectivity index (χ3v) is 6.79. The van der Waals surface area contributed by atoms with Crippen LogP contribution in [0.1, 0.15) is 18.4 Å².